The maximum atomic E-state index is 5.91. The largest absolute Gasteiger partial charge is 0.365 e. The van der Waals surface area contributed by atoms with Crippen LogP contribution in [0.3, 0.4) is 0 Å². The number of para-hydroxylation sites is 1. The van der Waals surface area contributed by atoms with Crippen LogP contribution in [0.1, 0.15) is 79.2 Å². The summed E-state index contributed by atoms with van der Waals surface area (Å²) in [4.78, 5) is 5.23. The van der Waals surface area contributed by atoms with Crippen molar-refractivity contribution in [1.82, 2.24) is 0 Å². The Kier molecular flexibility index (Phi) is 6.54. The van der Waals surface area contributed by atoms with Gasteiger partial charge in [0, 0.05) is 35.6 Å². The Bertz CT molecular complexity index is 1000. The molecule has 0 spiro atoms. The van der Waals surface area contributed by atoms with E-state index in [9.17, 15) is 0 Å². The van der Waals surface area contributed by atoms with Crippen molar-refractivity contribution >= 4 is 17.1 Å². The van der Waals surface area contributed by atoms with Crippen LogP contribution in [0.2, 0.25) is 0 Å². The van der Waals surface area contributed by atoms with Crippen LogP contribution in [0.4, 0.5) is 17.1 Å². The second-order valence-corrected chi connectivity index (χ2v) is 12.5. The van der Waals surface area contributed by atoms with Crippen LogP contribution in [0, 0.1) is 29.1 Å². The Morgan fingerprint density at radius 2 is 1.70 bits per heavy atom. The van der Waals surface area contributed by atoms with Gasteiger partial charge in [-0.25, -0.2) is 0 Å². The fourth-order valence-corrected chi connectivity index (χ4v) is 6.05. The van der Waals surface area contributed by atoms with Crippen LogP contribution in [0.5, 0.6) is 0 Å². The predicted molar refractivity (Wildman–Crippen MR) is 143 cm³/mol. The molecular formula is C31H42N2. The van der Waals surface area contributed by atoms with Crippen molar-refractivity contribution in [2.24, 2.45) is 16.7 Å². The SMILES string of the molecule is C#Cc1ccccc1N(CC(C)(C)C)c1cccc(N2C(C(C)(C)C)C[C@H]3CCCC[C@H]32)c1. The molecule has 0 aromatic heterocycles. The molecule has 4 rings (SSSR count). The summed E-state index contributed by atoms with van der Waals surface area (Å²) in [5.41, 5.74) is 5.07. The standard InChI is InChI=1S/C31H42N2/c1-8-23-14-9-11-18-27(23)32(22-30(2,3)4)25-16-13-17-26(21-25)33-28-19-12-10-15-24(28)20-29(33)31(5,6)7/h1,9,11,13-14,16-18,21,24,28-29H,10,12,15,19-20,22H2,2-7H3/t24-,28-,29?/m1/s1. The molecule has 0 bridgehead atoms. The average Bonchev–Trinajstić information content (AvgIpc) is 3.17. The minimum absolute atomic E-state index is 0.133. The molecule has 3 atom stereocenters. The number of benzene rings is 2. The van der Waals surface area contributed by atoms with Gasteiger partial charge in [0.1, 0.15) is 0 Å². The molecule has 1 saturated heterocycles. The summed E-state index contributed by atoms with van der Waals surface area (Å²) < 4.78 is 0. The van der Waals surface area contributed by atoms with E-state index in [4.69, 9.17) is 6.42 Å². The molecule has 176 valence electrons. The Labute approximate surface area is 202 Å². The van der Waals surface area contributed by atoms with Crippen LogP contribution < -0.4 is 9.80 Å². The monoisotopic (exact) mass is 442 g/mol. The van der Waals surface area contributed by atoms with Crippen molar-refractivity contribution in [3.63, 3.8) is 0 Å². The Morgan fingerprint density at radius 3 is 2.39 bits per heavy atom. The lowest BCUT2D eigenvalue weighted by Gasteiger charge is -2.41. The molecule has 2 heteroatoms. The van der Waals surface area contributed by atoms with E-state index in [0.717, 1.165) is 23.7 Å². The topological polar surface area (TPSA) is 6.48 Å². The van der Waals surface area contributed by atoms with E-state index in [0.29, 0.717) is 12.1 Å². The maximum absolute atomic E-state index is 5.91. The van der Waals surface area contributed by atoms with Gasteiger partial charge in [0.2, 0.25) is 0 Å². The van der Waals surface area contributed by atoms with Crippen molar-refractivity contribution in [2.75, 3.05) is 16.3 Å². The Balaban J connectivity index is 1.78. The normalized spacial score (nSPS) is 23.2. The van der Waals surface area contributed by atoms with Crippen LogP contribution in [-0.4, -0.2) is 18.6 Å². The van der Waals surface area contributed by atoms with Crippen molar-refractivity contribution in [3.05, 3.63) is 54.1 Å². The highest BCUT2D eigenvalue weighted by Crippen LogP contribution is 2.48. The molecule has 1 unspecified atom stereocenters. The predicted octanol–water partition coefficient (Wildman–Crippen LogP) is 8.04. The van der Waals surface area contributed by atoms with Crippen molar-refractivity contribution < 1.29 is 0 Å². The molecule has 1 heterocycles. The lowest BCUT2D eigenvalue weighted by atomic mass is 9.80. The number of rotatable bonds is 4. The molecule has 0 radical (unpaired) electrons. The highest BCUT2D eigenvalue weighted by atomic mass is 15.2. The number of hydrogen-bond donors (Lipinski definition) is 0. The van der Waals surface area contributed by atoms with E-state index >= 15 is 0 Å². The minimum Gasteiger partial charge on any atom is -0.365 e. The fraction of sp³-hybridized carbons (Fsp3) is 0.548. The molecule has 2 fully saturated rings. The first kappa shape index (κ1) is 23.7. The third-order valence-electron chi connectivity index (χ3n) is 7.51. The Hall–Kier alpha value is -2.40. The molecule has 2 aromatic rings. The molecule has 2 aliphatic rings. The van der Waals surface area contributed by atoms with Crippen molar-refractivity contribution in [1.29, 1.82) is 0 Å². The van der Waals surface area contributed by atoms with E-state index in [2.05, 4.69) is 99.7 Å². The van der Waals surface area contributed by atoms with Crippen molar-refractivity contribution in [3.8, 4) is 12.3 Å². The zero-order valence-electron chi connectivity index (χ0n) is 21.6. The lowest BCUT2D eigenvalue weighted by molar-refractivity contribution is 0.307. The first-order valence-corrected chi connectivity index (χ1v) is 12.8. The zero-order chi connectivity index (χ0) is 23.8. The van der Waals surface area contributed by atoms with Gasteiger partial charge in [-0.1, -0.05) is 78.5 Å². The number of anilines is 3. The van der Waals surface area contributed by atoms with Gasteiger partial charge in [-0.3, -0.25) is 0 Å². The first-order valence-electron chi connectivity index (χ1n) is 12.8. The second-order valence-electron chi connectivity index (χ2n) is 12.5. The number of hydrogen-bond acceptors (Lipinski definition) is 2. The van der Waals surface area contributed by atoms with Gasteiger partial charge < -0.3 is 9.80 Å². The molecular weight excluding hydrogens is 400 g/mol. The van der Waals surface area contributed by atoms with Crippen LogP contribution in [-0.2, 0) is 0 Å². The summed E-state index contributed by atoms with van der Waals surface area (Å²) in [5.74, 6) is 3.75. The summed E-state index contributed by atoms with van der Waals surface area (Å²) in [7, 11) is 0. The summed E-state index contributed by atoms with van der Waals surface area (Å²) in [6.45, 7) is 15.0. The van der Waals surface area contributed by atoms with Crippen LogP contribution in [0.25, 0.3) is 0 Å². The average molecular weight is 443 g/mol. The molecule has 0 N–H and O–H groups in total. The number of terminal acetylenes is 1. The third-order valence-corrected chi connectivity index (χ3v) is 7.51. The fourth-order valence-electron chi connectivity index (χ4n) is 6.05. The number of fused-ring (bicyclic) bond motifs is 1. The van der Waals surface area contributed by atoms with Crippen LogP contribution >= 0.6 is 0 Å². The summed E-state index contributed by atoms with van der Waals surface area (Å²) in [5, 5.41) is 0. The summed E-state index contributed by atoms with van der Waals surface area (Å²) >= 11 is 0. The van der Waals surface area contributed by atoms with Gasteiger partial charge in [-0.05, 0) is 66.3 Å². The zero-order valence-corrected chi connectivity index (χ0v) is 21.6. The van der Waals surface area contributed by atoms with E-state index in [-0.39, 0.29) is 10.8 Å². The molecule has 2 aromatic carbocycles. The quantitative estimate of drug-likeness (QED) is 0.442. The third kappa shape index (κ3) is 5.08. The van der Waals surface area contributed by atoms with E-state index in [1.54, 1.807) is 0 Å². The summed E-state index contributed by atoms with van der Waals surface area (Å²) in [6.07, 6.45) is 12.7. The van der Waals surface area contributed by atoms with E-state index in [1.807, 2.05) is 6.07 Å². The van der Waals surface area contributed by atoms with Gasteiger partial charge in [0.05, 0.1) is 5.69 Å². The maximum Gasteiger partial charge on any atom is 0.0569 e. The first-order chi connectivity index (χ1) is 15.6. The van der Waals surface area contributed by atoms with E-state index in [1.165, 1.54) is 43.5 Å². The van der Waals surface area contributed by atoms with Gasteiger partial charge in [-0.2, -0.15) is 0 Å². The van der Waals surface area contributed by atoms with Crippen molar-refractivity contribution in [2.45, 2.75) is 85.7 Å². The smallest absolute Gasteiger partial charge is 0.0569 e. The van der Waals surface area contributed by atoms with Gasteiger partial charge in [0.25, 0.3) is 0 Å². The minimum atomic E-state index is 0.133. The molecule has 2 nitrogen and oxygen atoms in total. The molecule has 33 heavy (non-hydrogen) atoms. The van der Waals surface area contributed by atoms with Gasteiger partial charge in [0.15, 0.2) is 0 Å². The summed E-state index contributed by atoms with van der Waals surface area (Å²) in [6, 6.07) is 18.9. The lowest BCUT2D eigenvalue weighted by Crippen LogP contribution is -2.44. The van der Waals surface area contributed by atoms with E-state index < -0.39 is 0 Å². The molecule has 1 aliphatic heterocycles. The Morgan fingerprint density at radius 1 is 0.970 bits per heavy atom. The molecule has 1 saturated carbocycles. The highest BCUT2D eigenvalue weighted by molar-refractivity contribution is 5.73. The highest BCUT2D eigenvalue weighted by Gasteiger charge is 2.46. The number of nitrogens with zero attached hydrogens (tertiary/aromatic N) is 2. The van der Waals surface area contributed by atoms with Gasteiger partial charge in [-0.15, -0.1) is 6.42 Å². The second kappa shape index (κ2) is 9.09. The molecule has 0 amide bonds. The molecule has 1 aliphatic carbocycles. The van der Waals surface area contributed by atoms with Gasteiger partial charge >= 0.3 is 0 Å². The van der Waals surface area contributed by atoms with Crippen LogP contribution in [0.15, 0.2) is 48.5 Å².